The minimum atomic E-state index is -1.21. The van der Waals surface area contributed by atoms with E-state index in [-0.39, 0.29) is 17.9 Å². The number of carbonyl (C=O) groups excluding carboxylic acids is 2. The third-order valence-electron chi connectivity index (χ3n) is 5.28. The normalized spacial score (nSPS) is 18.9. The third-order valence-corrected chi connectivity index (χ3v) is 5.28. The number of hydrogen-bond acceptors (Lipinski definition) is 6. The number of aliphatic hydroxyl groups excluding tert-OH is 1. The van der Waals surface area contributed by atoms with Crippen LogP contribution in [-0.2, 0) is 9.59 Å². The molecule has 32 heavy (non-hydrogen) atoms. The Bertz CT molecular complexity index is 1290. The number of nitrogens with zero attached hydrogens (tertiary/aromatic N) is 2. The highest BCUT2D eigenvalue weighted by Crippen LogP contribution is 2.44. The van der Waals surface area contributed by atoms with Gasteiger partial charge < -0.3 is 14.6 Å². The number of anilines is 1. The van der Waals surface area contributed by atoms with Gasteiger partial charge in [-0.2, -0.15) is 0 Å². The van der Waals surface area contributed by atoms with Crippen molar-refractivity contribution >= 4 is 23.1 Å². The van der Waals surface area contributed by atoms with E-state index in [1.807, 2.05) is 0 Å². The summed E-state index contributed by atoms with van der Waals surface area (Å²) < 4.78 is 39.1. The van der Waals surface area contributed by atoms with Crippen LogP contribution < -0.4 is 14.4 Å². The predicted molar refractivity (Wildman–Crippen MR) is 108 cm³/mol. The van der Waals surface area contributed by atoms with Crippen LogP contribution in [0.4, 0.5) is 14.5 Å². The van der Waals surface area contributed by atoms with E-state index in [1.165, 1.54) is 36.7 Å². The van der Waals surface area contributed by atoms with Crippen LogP contribution in [0.1, 0.15) is 17.2 Å². The second kappa shape index (κ2) is 7.45. The van der Waals surface area contributed by atoms with E-state index < -0.39 is 40.8 Å². The number of halogens is 2. The average Bonchev–Trinajstić information content (AvgIpc) is 3.38. The quantitative estimate of drug-likeness (QED) is 0.383. The van der Waals surface area contributed by atoms with Crippen molar-refractivity contribution in [3.8, 4) is 11.5 Å². The molecule has 2 aromatic carbocycles. The number of carbonyl (C=O) groups is 2. The Kier molecular flexibility index (Phi) is 4.58. The molecule has 1 fully saturated rings. The number of ether oxygens (including phenoxy) is 2. The van der Waals surface area contributed by atoms with E-state index in [1.54, 1.807) is 6.07 Å². The lowest BCUT2D eigenvalue weighted by atomic mass is 9.95. The second-order valence-electron chi connectivity index (χ2n) is 7.11. The molecule has 0 bridgehead atoms. The fourth-order valence-electron chi connectivity index (χ4n) is 3.81. The number of aromatic nitrogens is 1. The molecule has 5 rings (SSSR count). The van der Waals surface area contributed by atoms with Crippen LogP contribution in [-0.4, -0.2) is 28.6 Å². The summed E-state index contributed by atoms with van der Waals surface area (Å²) in [6, 6.07) is 8.96. The predicted octanol–water partition coefficient (Wildman–Crippen LogP) is 3.71. The first kappa shape index (κ1) is 19.7. The molecule has 0 aliphatic carbocycles. The number of fused-ring (bicyclic) bond motifs is 1. The van der Waals surface area contributed by atoms with Crippen molar-refractivity contribution in [3.63, 3.8) is 0 Å². The molecule has 0 spiro atoms. The molecule has 9 heteroatoms. The van der Waals surface area contributed by atoms with Gasteiger partial charge in [0, 0.05) is 24.0 Å². The van der Waals surface area contributed by atoms with Gasteiger partial charge >= 0.3 is 0 Å². The van der Waals surface area contributed by atoms with Gasteiger partial charge in [0.05, 0.1) is 17.3 Å². The van der Waals surface area contributed by atoms with E-state index in [2.05, 4.69) is 4.98 Å². The number of Topliss-reactive ketones (excluding diaryl/α,β-unsaturated/α-hetero) is 1. The highest BCUT2D eigenvalue weighted by Gasteiger charge is 2.48. The lowest BCUT2D eigenvalue weighted by Gasteiger charge is -2.25. The summed E-state index contributed by atoms with van der Waals surface area (Å²) in [6.07, 6.45) is 2.86. The monoisotopic (exact) mass is 436 g/mol. The number of aliphatic hydroxyl groups is 1. The minimum Gasteiger partial charge on any atom is -0.507 e. The fraction of sp³-hybridized carbons (Fsp3) is 0.0870. The Balaban J connectivity index is 1.73. The van der Waals surface area contributed by atoms with Crippen LogP contribution in [0.25, 0.3) is 5.76 Å². The lowest BCUT2D eigenvalue weighted by molar-refractivity contribution is -0.132. The molecule has 1 N–H and O–H groups in total. The summed E-state index contributed by atoms with van der Waals surface area (Å²) in [5.41, 5.74) is -0.112. The number of hydrogen-bond donors (Lipinski definition) is 1. The number of rotatable bonds is 3. The first-order valence-electron chi connectivity index (χ1n) is 9.51. The van der Waals surface area contributed by atoms with Crippen molar-refractivity contribution < 1.29 is 33.0 Å². The van der Waals surface area contributed by atoms with Crippen LogP contribution in [0, 0.1) is 11.6 Å². The Morgan fingerprint density at radius 2 is 1.75 bits per heavy atom. The molecule has 1 saturated heterocycles. The highest BCUT2D eigenvalue weighted by molar-refractivity contribution is 6.51. The van der Waals surface area contributed by atoms with E-state index in [9.17, 15) is 23.5 Å². The SMILES string of the molecule is O=C1C(=O)N(c2cc(F)ccc2F)C(c2ccncc2)/C1=C(/O)c1ccc2c(c1)OCO2. The number of amides is 1. The third kappa shape index (κ3) is 3.06. The first-order chi connectivity index (χ1) is 15.5. The van der Waals surface area contributed by atoms with Crippen LogP contribution in [0.15, 0.2) is 66.5 Å². The van der Waals surface area contributed by atoms with Gasteiger partial charge in [-0.25, -0.2) is 8.78 Å². The standard InChI is InChI=1S/C23H14F2N2O5/c24-14-2-3-15(25)16(10-14)27-20(12-5-7-26-8-6-12)19(22(29)23(27)30)21(28)13-1-4-17-18(9-13)32-11-31-17/h1-10,20,28H,11H2/b21-19-. The molecule has 3 heterocycles. The molecule has 2 aliphatic heterocycles. The van der Waals surface area contributed by atoms with Crippen molar-refractivity contribution in [2.75, 3.05) is 11.7 Å². The van der Waals surface area contributed by atoms with Gasteiger partial charge in [0.15, 0.2) is 11.5 Å². The van der Waals surface area contributed by atoms with Crippen molar-refractivity contribution in [1.82, 2.24) is 4.98 Å². The van der Waals surface area contributed by atoms with Crippen molar-refractivity contribution in [3.05, 3.63) is 89.3 Å². The van der Waals surface area contributed by atoms with Crippen molar-refractivity contribution in [1.29, 1.82) is 0 Å². The number of pyridine rings is 1. The Morgan fingerprint density at radius 3 is 2.53 bits per heavy atom. The molecular formula is C23H14F2N2O5. The molecule has 1 amide bonds. The molecule has 1 unspecified atom stereocenters. The maximum atomic E-state index is 14.6. The molecule has 7 nitrogen and oxygen atoms in total. The van der Waals surface area contributed by atoms with Gasteiger partial charge in [-0.1, -0.05) is 0 Å². The Morgan fingerprint density at radius 1 is 1.00 bits per heavy atom. The zero-order chi connectivity index (χ0) is 22.4. The van der Waals surface area contributed by atoms with Gasteiger partial charge in [0.2, 0.25) is 6.79 Å². The number of benzene rings is 2. The molecule has 1 atom stereocenters. The van der Waals surface area contributed by atoms with Crippen molar-refractivity contribution in [2.45, 2.75) is 6.04 Å². The van der Waals surface area contributed by atoms with E-state index >= 15 is 0 Å². The molecule has 3 aromatic rings. The zero-order valence-corrected chi connectivity index (χ0v) is 16.3. The maximum Gasteiger partial charge on any atom is 0.300 e. The molecule has 160 valence electrons. The van der Waals surface area contributed by atoms with E-state index in [0.29, 0.717) is 17.1 Å². The van der Waals surface area contributed by atoms with Crippen LogP contribution in [0.2, 0.25) is 0 Å². The highest BCUT2D eigenvalue weighted by atomic mass is 19.1. The summed E-state index contributed by atoms with van der Waals surface area (Å²) in [4.78, 5) is 30.8. The minimum absolute atomic E-state index is 0.0137. The molecular weight excluding hydrogens is 422 g/mol. The fourth-order valence-corrected chi connectivity index (χ4v) is 3.81. The Labute approximate surface area is 180 Å². The van der Waals surface area contributed by atoms with Gasteiger partial charge in [-0.05, 0) is 48.0 Å². The molecule has 2 aliphatic rings. The van der Waals surface area contributed by atoms with Crippen LogP contribution in [0.5, 0.6) is 11.5 Å². The number of ketones is 1. The van der Waals surface area contributed by atoms with Crippen molar-refractivity contribution in [2.24, 2.45) is 0 Å². The maximum absolute atomic E-state index is 14.6. The smallest absolute Gasteiger partial charge is 0.300 e. The average molecular weight is 436 g/mol. The summed E-state index contributed by atoms with van der Waals surface area (Å²) in [5.74, 6) is -3.47. The van der Waals surface area contributed by atoms with Gasteiger partial charge in [0.1, 0.15) is 17.4 Å². The van der Waals surface area contributed by atoms with E-state index in [4.69, 9.17) is 9.47 Å². The summed E-state index contributed by atoms with van der Waals surface area (Å²) in [7, 11) is 0. The van der Waals surface area contributed by atoms with Gasteiger partial charge in [-0.3, -0.25) is 19.5 Å². The molecule has 0 radical (unpaired) electrons. The van der Waals surface area contributed by atoms with Gasteiger partial charge in [0.25, 0.3) is 11.7 Å². The largest absolute Gasteiger partial charge is 0.507 e. The van der Waals surface area contributed by atoms with Crippen LogP contribution >= 0.6 is 0 Å². The van der Waals surface area contributed by atoms with Gasteiger partial charge in [-0.15, -0.1) is 0 Å². The second-order valence-corrected chi connectivity index (χ2v) is 7.11. The summed E-state index contributed by atoms with van der Waals surface area (Å²) >= 11 is 0. The topological polar surface area (TPSA) is 89.0 Å². The Hall–Kier alpha value is -4.27. The zero-order valence-electron chi connectivity index (χ0n) is 16.3. The van der Waals surface area contributed by atoms with E-state index in [0.717, 1.165) is 23.1 Å². The molecule has 1 aromatic heterocycles. The first-order valence-corrected chi connectivity index (χ1v) is 9.51. The lowest BCUT2D eigenvalue weighted by Crippen LogP contribution is -2.30. The van der Waals surface area contributed by atoms with Crippen LogP contribution in [0.3, 0.4) is 0 Å². The molecule has 0 saturated carbocycles. The summed E-state index contributed by atoms with van der Waals surface area (Å²) in [6.45, 7) is 0.0137. The summed E-state index contributed by atoms with van der Waals surface area (Å²) in [5, 5.41) is 11.1.